The zero-order valence-electron chi connectivity index (χ0n) is 13.5. The van der Waals surface area contributed by atoms with Gasteiger partial charge in [0.1, 0.15) is 0 Å². The lowest BCUT2D eigenvalue weighted by Gasteiger charge is -2.34. The highest BCUT2D eigenvalue weighted by atomic mass is 35.5. The van der Waals surface area contributed by atoms with E-state index in [1.807, 2.05) is 36.1 Å². The molecule has 2 unspecified atom stereocenters. The van der Waals surface area contributed by atoms with E-state index in [4.69, 9.17) is 17.3 Å². The van der Waals surface area contributed by atoms with Gasteiger partial charge in [-0.05, 0) is 62.1 Å². The predicted octanol–water partition coefficient (Wildman–Crippen LogP) is 4.22. The third kappa shape index (κ3) is 6.92. The van der Waals surface area contributed by atoms with E-state index >= 15 is 0 Å². The molecule has 0 aromatic heterocycles. The van der Waals surface area contributed by atoms with E-state index < -0.39 is 0 Å². The van der Waals surface area contributed by atoms with E-state index in [1.54, 1.807) is 11.8 Å². The molecule has 1 aromatic carbocycles. The molecule has 2 N–H and O–H groups in total. The Kier molecular flexibility index (Phi) is 9.37. The Labute approximate surface area is 154 Å². The molecule has 0 bridgehead atoms. The van der Waals surface area contributed by atoms with E-state index in [9.17, 15) is 4.79 Å². The normalized spacial score (nSPS) is 19.1. The van der Waals surface area contributed by atoms with Crippen molar-refractivity contribution < 1.29 is 4.79 Å². The summed E-state index contributed by atoms with van der Waals surface area (Å²) in [4.78, 5) is 15.5. The molecule has 1 aliphatic heterocycles. The van der Waals surface area contributed by atoms with Crippen molar-refractivity contribution in [2.24, 2.45) is 11.7 Å². The summed E-state index contributed by atoms with van der Waals surface area (Å²) >= 11 is 7.64. The van der Waals surface area contributed by atoms with Gasteiger partial charge >= 0.3 is 0 Å². The number of rotatable bonds is 6. The minimum absolute atomic E-state index is 0. The van der Waals surface area contributed by atoms with Gasteiger partial charge < -0.3 is 10.6 Å². The van der Waals surface area contributed by atoms with Crippen LogP contribution >= 0.6 is 35.8 Å². The maximum atomic E-state index is 12.3. The maximum Gasteiger partial charge on any atom is 0.222 e. The zero-order chi connectivity index (χ0) is 15.9. The van der Waals surface area contributed by atoms with E-state index in [-0.39, 0.29) is 24.4 Å². The second-order valence-corrected chi connectivity index (χ2v) is 7.61. The van der Waals surface area contributed by atoms with Gasteiger partial charge in [0.25, 0.3) is 0 Å². The summed E-state index contributed by atoms with van der Waals surface area (Å²) in [5, 5.41) is 0.758. The molecule has 3 nitrogen and oxygen atoms in total. The first kappa shape index (κ1) is 20.6. The molecule has 2 atom stereocenters. The fourth-order valence-corrected chi connectivity index (χ4v) is 3.75. The van der Waals surface area contributed by atoms with Crippen molar-refractivity contribution in [2.45, 2.75) is 43.5 Å². The molecule has 1 aromatic rings. The van der Waals surface area contributed by atoms with Crippen LogP contribution in [0, 0.1) is 5.92 Å². The van der Waals surface area contributed by atoms with Gasteiger partial charge in [-0.15, -0.1) is 24.2 Å². The molecule has 0 saturated carbocycles. The molecule has 130 valence electrons. The van der Waals surface area contributed by atoms with Gasteiger partial charge in [-0.1, -0.05) is 11.6 Å². The molecule has 1 aliphatic rings. The van der Waals surface area contributed by atoms with Gasteiger partial charge in [-0.2, -0.15) is 0 Å². The summed E-state index contributed by atoms with van der Waals surface area (Å²) in [5.74, 6) is 1.70. The molecule has 2 rings (SSSR count). The number of thioether (sulfide) groups is 1. The number of carbonyl (C=O) groups is 1. The van der Waals surface area contributed by atoms with Gasteiger partial charge in [0.05, 0.1) is 0 Å². The number of amides is 1. The number of hydrogen-bond donors (Lipinski definition) is 1. The van der Waals surface area contributed by atoms with Crippen LogP contribution in [-0.4, -0.2) is 35.7 Å². The number of nitrogens with zero attached hydrogens (tertiary/aromatic N) is 1. The molecule has 1 fully saturated rings. The van der Waals surface area contributed by atoms with Crippen LogP contribution in [-0.2, 0) is 4.79 Å². The number of halogens is 2. The highest BCUT2D eigenvalue weighted by molar-refractivity contribution is 7.99. The molecule has 1 saturated heterocycles. The van der Waals surface area contributed by atoms with Crippen LogP contribution in [0.5, 0.6) is 0 Å². The van der Waals surface area contributed by atoms with Crippen molar-refractivity contribution in [3.05, 3.63) is 29.3 Å². The minimum atomic E-state index is 0. The van der Waals surface area contributed by atoms with Crippen molar-refractivity contribution >= 4 is 41.7 Å². The molecule has 0 radical (unpaired) electrons. The first-order valence-electron chi connectivity index (χ1n) is 7.98. The van der Waals surface area contributed by atoms with Crippen molar-refractivity contribution in [3.8, 4) is 0 Å². The lowest BCUT2D eigenvalue weighted by atomic mass is 9.92. The third-order valence-corrected chi connectivity index (χ3v) is 5.52. The number of benzene rings is 1. The lowest BCUT2D eigenvalue weighted by Crippen LogP contribution is -2.45. The monoisotopic (exact) mass is 376 g/mol. The van der Waals surface area contributed by atoms with Crippen LogP contribution in [0.15, 0.2) is 29.2 Å². The summed E-state index contributed by atoms with van der Waals surface area (Å²) < 4.78 is 0. The lowest BCUT2D eigenvalue weighted by molar-refractivity contribution is -0.133. The fourth-order valence-electron chi connectivity index (χ4n) is 2.77. The highest BCUT2D eigenvalue weighted by Gasteiger charge is 2.25. The molecule has 6 heteroatoms. The summed E-state index contributed by atoms with van der Waals surface area (Å²) in [5.41, 5.74) is 5.98. The van der Waals surface area contributed by atoms with Crippen LogP contribution in [0.4, 0.5) is 0 Å². The second-order valence-electron chi connectivity index (χ2n) is 6.01. The van der Waals surface area contributed by atoms with Gasteiger partial charge in [-0.3, -0.25) is 4.79 Å². The van der Waals surface area contributed by atoms with Crippen LogP contribution in [0.25, 0.3) is 0 Å². The quantitative estimate of drug-likeness (QED) is 0.596. The average molecular weight is 377 g/mol. The second kappa shape index (κ2) is 10.4. The maximum absolute atomic E-state index is 12.3. The van der Waals surface area contributed by atoms with Crippen LogP contribution < -0.4 is 5.73 Å². The molecule has 0 aliphatic carbocycles. The molecule has 1 heterocycles. The van der Waals surface area contributed by atoms with Crippen molar-refractivity contribution in [2.75, 3.05) is 18.8 Å². The summed E-state index contributed by atoms with van der Waals surface area (Å²) in [6.07, 6.45) is 3.77. The van der Waals surface area contributed by atoms with Crippen LogP contribution in [0.2, 0.25) is 5.02 Å². The topological polar surface area (TPSA) is 46.3 Å². The number of piperidine rings is 1. The van der Waals surface area contributed by atoms with Gasteiger partial charge in [0, 0.05) is 35.5 Å². The summed E-state index contributed by atoms with van der Waals surface area (Å²) in [7, 11) is 0. The zero-order valence-corrected chi connectivity index (χ0v) is 15.9. The average Bonchev–Trinajstić information content (AvgIpc) is 2.53. The van der Waals surface area contributed by atoms with Crippen LogP contribution in [0.1, 0.15) is 32.6 Å². The SMILES string of the molecule is CC(N)C1CCCN(C(=O)CCCSc2ccc(Cl)cc2)C1.Cl. The Morgan fingerprint density at radius 1 is 1.43 bits per heavy atom. The number of hydrogen-bond acceptors (Lipinski definition) is 3. The third-order valence-electron chi connectivity index (χ3n) is 4.17. The Morgan fingerprint density at radius 3 is 2.78 bits per heavy atom. The number of carbonyl (C=O) groups excluding carboxylic acids is 1. The van der Waals surface area contributed by atoms with E-state index in [0.717, 1.165) is 43.1 Å². The standard InChI is InChI=1S/C17H25ClN2OS.ClH/c1-13(19)14-4-2-10-20(12-14)17(21)5-3-11-22-16-8-6-15(18)7-9-16;/h6-9,13-14H,2-5,10-12,19H2,1H3;1H. The Hall–Kier alpha value is -0.420. The van der Waals surface area contributed by atoms with Crippen molar-refractivity contribution in [3.63, 3.8) is 0 Å². The van der Waals surface area contributed by atoms with Gasteiger partial charge in [0.15, 0.2) is 0 Å². The predicted molar refractivity (Wildman–Crippen MR) is 102 cm³/mol. The van der Waals surface area contributed by atoms with Crippen LogP contribution in [0.3, 0.4) is 0 Å². The summed E-state index contributed by atoms with van der Waals surface area (Å²) in [6.45, 7) is 3.77. The molecular weight excluding hydrogens is 351 g/mol. The van der Waals surface area contributed by atoms with Gasteiger partial charge in [-0.25, -0.2) is 0 Å². The van der Waals surface area contributed by atoms with E-state index in [0.29, 0.717) is 12.3 Å². The minimum Gasteiger partial charge on any atom is -0.342 e. The number of nitrogens with two attached hydrogens (primary N) is 1. The number of likely N-dealkylation sites (tertiary alicyclic amines) is 1. The first-order valence-corrected chi connectivity index (χ1v) is 9.34. The Balaban J connectivity index is 0.00000264. The fraction of sp³-hybridized carbons (Fsp3) is 0.588. The van der Waals surface area contributed by atoms with Crippen molar-refractivity contribution in [1.29, 1.82) is 0 Å². The largest absolute Gasteiger partial charge is 0.342 e. The Bertz CT molecular complexity index is 482. The van der Waals surface area contributed by atoms with Crippen molar-refractivity contribution in [1.82, 2.24) is 4.90 Å². The smallest absolute Gasteiger partial charge is 0.222 e. The highest BCUT2D eigenvalue weighted by Crippen LogP contribution is 2.23. The molecule has 23 heavy (non-hydrogen) atoms. The first-order chi connectivity index (χ1) is 10.6. The van der Waals surface area contributed by atoms with Gasteiger partial charge in [0.2, 0.25) is 5.91 Å². The molecule has 1 amide bonds. The summed E-state index contributed by atoms with van der Waals surface area (Å²) in [6, 6.07) is 8.02. The Morgan fingerprint density at radius 2 is 2.13 bits per heavy atom. The van der Waals surface area contributed by atoms with E-state index in [1.165, 1.54) is 4.90 Å². The molecular formula is C17H26Cl2N2OS. The van der Waals surface area contributed by atoms with E-state index in [2.05, 4.69) is 0 Å². The molecule has 0 spiro atoms.